The van der Waals surface area contributed by atoms with Crippen LogP contribution in [0.3, 0.4) is 0 Å². The van der Waals surface area contributed by atoms with Gasteiger partial charge in [0.15, 0.2) is 0 Å². The van der Waals surface area contributed by atoms with E-state index in [2.05, 4.69) is 12.2 Å². The van der Waals surface area contributed by atoms with Crippen molar-refractivity contribution in [2.45, 2.75) is 64.1 Å². The van der Waals surface area contributed by atoms with Crippen molar-refractivity contribution in [1.82, 2.24) is 10.2 Å². The molecule has 1 aliphatic carbocycles. The van der Waals surface area contributed by atoms with E-state index in [0.717, 1.165) is 19.4 Å². The SMILES string of the molecule is CC1(CNC2CCN(CC(F)(F)F)CC2)CCCCC1. The molecule has 2 nitrogen and oxygen atoms in total. The number of likely N-dealkylation sites (tertiary alicyclic amines) is 1. The molecule has 1 saturated carbocycles. The molecule has 0 bridgehead atoms. The molecule has 2 rings (SSSR count). The number of hydrogen-bond donors (Lipinski definition) is 1. The van der Waals surface area contributed by atoms with E-state index in [-0.39, 0.29) is 0 Å². The first-order valence-corrected chi connectivity index (χ1v) is 7.89. The van der Waals surface area contributed by atoms with Crippen molar-refractivity contribution in [3.63, 3.8) is 0 Å². The number of nitrogens with zero attached hydrogens (tertiary/aromatic N) is 1. The van der Waals surface area contributed by atoms with Gasteiger partial charge in [0.2, 0.25) is 0 Å². The fourth-order valence-electron chi connectivity index (χ4n) is 3.52. The summed E-state index contributed by atoms with van der Waals surface area (Å²) in [5, 5.41) is 3.61. The summed E-state index contributed by atoms with van der Waals surface area (Å²) in [6.45, 7) is 3.74. The lowest BCUT2D eigenvalue weighted by Crippen LogP contribution is -2.47. The van der Waals surface area contributed by atoms with Crippen LogP contribution < -0.4 is 5.32 Å². The molecular formula is C15H27F3N2. The number of piperidine rings is 1. The van der Waals surface area contributed by atoms with Gasteiger partial charge < -0.3 is 5.32 Å². The Balaban J connectivity index is 1.67. The molecule has 0 unspecified atom stereocenters. The van der Waals surface area contributed by atoms with Crippen molar-refractivity contribution in [1.29, 1.82) is 0 Å². The van der Waals surface area contributed by atoms with Gasteiger partial charge in [0.05, 0.1) is 6.54 Å². The predicted octanol–water partition coefficient (Wildman–Crippen LogP) is 3.57. The van der Waals surface area contributed by atoms with Crippen molar-refractivity contribution in [3.05, 3.63) is 0 Å². The monoisotopic (exact) mass is 292 g/mol. The molecule has 0 radical (unpaired) electrons. The molecule has 5 heteroatoms. The lowest BCUT2D eigenvalue weighted by molar-refractivity contribution is -0.148. The lowest BCUT2D eigenvalue weighted by Gasteiger charge is -2.38. The maximum atomic E-state index is 12.3. The fourth-order valence-corrected chi connectivity index (χ4v) is 3.52. The summed E-state index contributed by atoms with van der Waals surface area (Å²) in [5.74, 6) is 0. The summed E-state index contributed by atoms with van der Waals surface area (Å²) in [5.41, 5.74) is 0.404. The molecule has 0 aromatic carbocycles. The van der Waals surface area contributed by atoms with Gasteiger partial charge in [0.1, 0.15) is 0 Å². The topological polar surface area (TPSA) is 15.3 Å². The molecular weight excluding hydrogens is 265 g/mol. The highest BCUT2D eigenvalue weighted by molar-refractivity contribution is 4.84. The van der Waals surface area contributed by atoms with Gasteiger partial charge in [0.25, 0.3) is 0 Å². The van der Waals surface area contributed by atoms with Crippen LogP contribution in [0.15, 0.2) is 0 Å². The van der Waals surface area contributed by atoms with Gasteiger partial charge in [-0.25, -0.2) is 0 Å². The van der Waals surface area contributed by atoms with E-state index in [1.54, 1.807) is 0 Å². The third-order valence-electron chi connectivity index (χ3n) is 4.87. The van der Waals surface area contributed by atoms with E-state index in [1.807, 2.05) is 0 Å². The summed E-state index contributed by atoms with van der Waals surface area (Å²) in [4.78, 5) is 1.53. The van der Waals surface area contributed by atoms with Crippen LogP contribution in [0.1, 0.15) is 51.9 Å². The molecule has 20 heavy (non-hydrogen) atoms. The fraction of sp³-hybridized carbons (Fsp3) is 1.00. The molecule has 0 aromatic heterocycles. The van der Waals surface area contributed by atoms with Gasteiger partial charge in [-0.3, -0.25) is 4.90 Å². The van der Waals surface area contributed by atoms with Crippen LogP contribution in [0.2, 0.25) is 0 Å². The van der Waals surface area contributed by atoms with Crippen molar-refractivity contribution < 1.29 is 13.2 Å². The zero-order valence-corrected chi connectivity index (χ0v) is 12.4. The standard InChI is InChI=1S/C15H27F3N2/c1-14(7-3-2-4-8-14)11-19-13-5-9-20(10-6-13)12-15(16,17)18/h13,19H,2-12H2,1H3. The van der Waals surface area contributed by atoms with E-state index in [4.69, 9.17) is 0 Å². The Morgan fingerprint density at radius 1 is 1.10 bits per heavy atom. The zero-order valence-electron chi connectivity index (χ0n) is 12.4. The third kappa shape index (κ3) is 5.24. The van der Waals surface area contributed by atoms with Gasteiger partial charge in [-0.2, -0.15) is 13.2 Å². The van der Waals surface area contributed by atoms with Gasteiger partial charge in [-0.15, -0.1) is 0 Å². The van der Waals surface area contributed by atoms with Gasteiger partial charge in [0, 0.05) is 12.6 Å². The summed E-state index contributed by atoms with van der Waals surface area (Å²) in [7, 11) is 0. The Hall–Kier alpha value is -0.290. The van der Waals surface area contributed by atoms with Crippen LogP contribution in [-0.4, -0.2) is 43.3 Å². The van der Waals surface area contributed by atoms with Crippen LogP contribution in [0.4, 0.5) is 13.2 Å². The average molecular weight is 292 g/mol. The van der Waals surface area contributed by atoms with Crippen molar-refractivity contribution in [3.8, 4) is 0 Å². The third-order valence-corrected chi connectivity index (χ3v) is 4.87. The highest BCUT2D eigenvalue weighted by atomic mass is 19.4. The van der Waals surface area contributed by atoms with E-state index in [0.29, 0.717) is 24.5 Å². The first-order chi connectivity index (χ1) is 9.36. The number of rotatable bonds is 4. The van der Waals surface area contributed by atoms with Crippen LogP contribution >= 0.6 is 0 Å². The Kier molecular flexibility index (Phi) is 5.35. The number of halogens is 3. The van der Waals surface area contributed by atoms with Crippen LogP contribution in [0.5, 0.6) is 0 Å². The largest absolute Gasteiger partial charge is 0.401 e. The van der Waals surface area contributed by atoms with E-state index >= 15 is 0 Å². The maximum Gasteiger partial charge on any atom is 0.401 e. The zero-order chi connectivity index (χ0) is 14.6. The Bertz CT molecular complexity index is 290. The van der Waals surface area contributed by atoms with E-state index in [9.17, 15) is 13.2 Å². The van der Waals surface area contributed by atoms with Gasteiger partial charge in [-0.1, -0.05) is 26.2 Å². The first kappa shape index (κ1) is 16.1. The van der Waals surface area contributed by atoms with Crippen LogP contribution in [0, 0.1) is 5.41 Å². The van der Waals surface area contributed by atoms with Gasteiger partial charge >= 0.3 is 6.18 Å². The average Bonchev–Trinajstić information content (AvgIpc) is 2.37. The quantitative estimate of drug-likeness (QED) is 0.852. The van der Waals surface area contributed by atoms with Crippen molar-refractivity contribution in [2.24, 2.45) is 5.41 Å². The predicted molar refractivity (Wildman–Crippen MR) is 74.7 cm³/mol. The van der Waals surface area contributed by atoms with Crippen LogP contribution in [-0.2, 0) is 0 Å². The molecule has 0 spiro atoms. The molecule has 1 aliphatic heterocycles. The molecule has 1 heterocycles. The normalized spacial score (nSPS) is 25.8. The summed E-state index contributed by atoms with van der Waals surface area (Å²) >= 11 is 0. The number of alkyl halides is 3. The molecule has 1 N–H and O–H groups in total. The minimum Gasteiger partial charge on any atom is -0.313 e. The molecule has 0 amide bonds. The lowest BCUT2D eigenvalue weighted by atomic mass is 9.75. The molecule has 0 aromatic rings. The number of nitrogens with one attached hydrogen (secondary N) is 1. The Morgan fingerprint density at radius 3 is 2.25 bits per heavy atom. The van der Waals surface area contributed by atoms with Gasteiger partial charge in [-0.05, 0) is 44.2 Å². The first-order valence-electron chi connectivity index (χ1n) is 7.89. The highest BCUT2D eigenvalue weighted by Crippen LogP contribution is 2.35. The Labute approximate surface area is 120 Å². The molecule has 0 atom stereocenters. The van der Waals surface area contributed by atoms with Crippen molar-refractivity contribution in [2.75, 3.05) is 26.2 Å². The van der Waals surface area contributed by atoms with Crippen molar-refractivity contribution >= 4 is 0 Å². The smallest absolute Gasteiger partial charge is 0.313 e. The second-order valence-electron chi connectivity index (χ2n) is 6.92. The molecule has 118 valence electrons. The number of hydrogen-bond acceptors (Lipinski definition) is 2. The Morgan fingerprint density at radius 2 is 1.70 bits per heavy atom. The van der Waals surface area contributed by atoms with Crippen LogP contribution in [0.25, 0.3) is 0 Å². The molecule has 2 aliphatic rings. The molecule has 2 fully saturated rings. The summed E-state index contributed by atoms with van der Waals surface area (Å²) in [6, 6.07) is 0.401. The highest BCUT2D eigenvalue weighted by Gasteiger charge is 2.33. The van der Waals surface area contributed by atoms with E-state index in [1.165, 1.54) is 37.0 Å². The minimum absolute atomic E-state index is 0.401. The minimum atomic E-state index is -4.06. The second kappa shape index (κ2) is 6.65. The summed E-state index contributed by atoms with van der Waals surface area (Å²) in [6.07, 6.45) is 4.18. The van der Waals surface area contributed by atoms with E-state index < -0.39 is 12.7 Å². The summed E-state index contributed by atoms with van der Waals surface area (Å²) < 4.78 is 37.0. The second-order valence-corrected chi connectivity index (χ2v) is 6.92. The maximum absolute atomic E-state index is 12.3. The molecule has 1 saturated heterocycles.